The summed E-state index contributed by atoms with van der Waals surface area (Å²) in [5.74, 6) is -0.103. The molecule has 2 aliphatic rings. The van der Waals surface area contributed by atoms with Gasteiger partial charge in [-0.15, -0.1) is 0 Å². The SMILES string of the molecule is C[C@H]1Oc2ccc(NC(=O)c3ccc(S(=O)(=O)N4CCCC4)cc3)cc2NC1=O. The van der Waals surface area contributed by atoms with Gasteiger partial charge in [-0.1, -0.05) is 0 Å². The molecular weight excluding hydrogens is 394 g/mol. The molecule has 0 radical (unpaired) electrons. The number of benzene rings is 2. The predicted molar refractivity (Wildman–Crippen MR) is 108 cm³/mol. The summed E-state index contributed by atoms with van der Waals surface area (Å²) in [5.41, 5.74) is 1.30. The van der Waals surface area contributed by atoms with E-state index in [2.05, 4.69) is 10.6 Å². The lowest BCUT2D eigenvalue weighted by Gasteiger charge is -2.23. The molecule has 0 unspecified atom stereocenters. The second-order valence-corrected chi connectivity index (χ2v) is 8.99. The molecule has 8 nitrogen and oxygen atoms in total. The van der Waals surface area contributed by atoms with Gasteiger partial charge in [0.05, 0.1) is 10.6 Å². The van der Waals surface area contributed by atoms with Crippen molar-refractivity contribution in [3.8, 4) is 5.75 Å². The summed E-state index contributed by atoms with van der Waals surface area (Å²) in [4.78, 5) is 24.4. The van der Waals surface area contributed by atoms with Crippen molar-refractivity contribution in [3.05, 3.63) is 48.0 Å². The van der Waals surface area contributed by atoms with Crippen LogP contribution in [-0.2, 0) is 14.8 Å². The number of nitrogens with one attached hydrogen (secondary N) is 2. The first-order valence-electron chi connectivity index (χ1n) is 9.38. The molecule has 4 rings (SSSR count). The normalized spacial score (nSPS) is 19.2. The highest BCUT2D eigenvalue weighted by Crippen LogP contribution is 2.32. The van der Waals surface area contributed by atoms with Crippen LogP contribution in [0.25, 0.3) is 0 Å². The largest absolute Gasteiger partial charge is 0.479 e. The van der Waals surface area contributed by atoms with E-state index in [1.807, 2.05) is 0 Å². The molecule has 2 amide bonds. The summed E-state index contributed by atoms with van der Waals surface area (Å²) < 4.78 is 32.1. The lowest BCUT2D eigenvalue weighted by Crippen LogP contribution is -2.34. The fraction of sp³-hybridized carbons (Fsp3) is 0.300. The van der Waals surface area contributed by atoms with E-state index in [1.165, 1.54) is 28.6 Å². The maximum atomic E-state index is 12.6. The van der Waals surface area contributed by atoms with Crippen molar-refractivity contribution in [2.24, 2.45) is 0 Å². The first-order chi connectivity index (χ1) is 13.8. The summed E-state index contributed by atoms with van der Waals surface area (Å²) in [5, 5.41) is 5.47. The zero-order valence-corrected chi connectivity index (χ0v) is 16.7. The molecule has 0 aliphatic carbocycles. The highest BCUT2D eigenvalue weighted by molar-refractivity contribution is 7.89. The smallest absolute Gasteiger partial charge is 0.265 e. The minimum Gasteiger partial charge on any atom is -0.479 e. The van der Waals surface area contributed by atoms with Crippen molar-refractivity contribution in [3.63, 3.8) is 0 Å². The van der Waals surface area contributed by atoms with Crippen LogP contribution >= 0.6 is 0 Å². The molecule has 2 aromatic carbocycles. The maximum absolute atomic E-state index is 12.6. The number of sulfonamides is 1. The number of nitrogens with zero attached hydrogens (tertiary/aromatic N) is 1. The number of anilines is 2. The van der Waals surface area contributed by atoms with Gasteiger partial charge in [0.2, 0.25) is 10.0 Å². The molecule has 0 bridgehead atoms. The predicted octanol–water partition coefficient (Wildman–Crippen LogP) is 2.44. The minimum absolute atomic E-state index is 0.179. The Morgan fingerprint density at radius 3 is 2.52 bits per heavy atom. The van der Waals surface area contributed by atoms with Gasteiger partial charge < -0.3 is 15.4 Å². The number of rotatable bonds is 4. The molecule has 2 N–H and O–H groups in total. The summed E-state index contributed by atoms with van der Waals surface area (Å²) in [6.45, 7) is 2.71. The second kappa shape index (κ2) is 7.49. The standard InChI is InChI=1S/C20H21N3O5S/c1-13-19(24)22-17-12-15(6-9-18(17)28-13)21-20(25)14-4-7-16(8-5-14)29(26,27)23-10-2-3-11-23/h4-9,12-13H,2-3,10-11H2,1H3,(H,21,25)(H,22,24)/t13-/m1/s1. The van der Waals surface area contributed by atoms with E-state index >= 15 is 0 Å². The van der Waals surface area contributed by atoms with Crippen molar-refractivity contribution in [1.82, 2.24) is 4.31 Å². The molecule has 1 fully saturated rings. The quantitative estimate of drug-likeness (QED) is 0.798. The zero-order chi connectivity index (χ0) is 20.6. The molecule has 2 aliphatic heterocycles. The molecular formula is C20H21N3O5S. The Morgan fingerprint density at radius 1 is 1.14 bits per heavy atom. The first kappa shape index (κ1) is 19.4. The topological polar surface area (TPSA) is 105 Å². The number of hydrogen-bond donors (Lipinski definition) is 2. The summed E-state index contributed by atoms with van der Waals surface area (Å²) >= 11 is 0. The maximum Gasteiger partial charge on any atom is 0.265 e. The summed E-state index contributed by atoms with van der Waals surface area (Å²) in [7, 11) is -3.51. The number of ether oxygens (including phenoxy) is 1. The number of amides is 2. The van der Waals surface area contributed by atoms with Crippen molar-refractivity contribution in [2.75, 3.05) is 23.7 Å². The van der Waals surface area contributed by atoms with E-state index in [0.29, 0.717) is 35.8 Å². The molecule has 0 saturated carbocycles. The van der Waals surface area contributed by atoms with Crippen LogP contribution in [-0.4, -0.2) is 43.7 Å². The summed E-state index contributed by atoms with van der Waals surface area (Å²) in [6.07, 6.45) is 1.16. The number of carbonyl (C=O) groups is 2. The van der Waals surface area contributed by atoms with Crippen molar-refractivity contribution in [2.45, 2.75) is 30.8 Å². The number of hydrogen-bond acceptors (Lipinski definition) is 5. The van der Waals surface area contributed by atoms with Crippen LogP contribution in [0.1, 0.15) is 30.1 Å². The van der Waals surface area contributed by atoms with Gasteiger partial charge >= 0.3 is 0 Å². The van der Waals surface area contributed by atoms with E-state index < -0.39 is 16.1 Å². The van der Waals surface area contributed by atoms with Crippen molar-refractivity contribution in [1.29, 1.82) is 0 Å². The Morgan fingerprint density at radius 2 is 1.83 bits per heavy atom. The third kappa shape index (κ3) is 3.83. The Kier molecular flexibility index (Phi) is 5.01. The average Bonchev–Trinajstić information content (AvgIpc) is 3.25. The fourth-order valence-electron chi connectivity index (χ4n) is 3.35. The van der Waals surface area contributed by atoms with Gasteiger partial charge in [-0.25, -0.2) is 8.42 Å². The van der Waals surface area contributed by atoms with Crippen LogP contribution in [0.2, 0.25) is 0 Å². The van der Waals surface area contributed by atoms with Gasteiger partial charge in [-0.2, -0.15) is 4.31 Å². The molecule has 0 aromatic heterocycles. The third-order valence-corrected chi connectivity index (χ3v) is 6.90. The summed E-state index contributed by atoms with van der Waals surface area (Å²) in [6, 6.07) is 10.8. The Balaban J connectivity index is 1.48. The van der Waals surface area contributed by atoms with E-state index in [0.717, 1.165) is 12.8 Å². The molecule has 1 saturated heterocycles. The van der Waals surface area contributed by atoms with Gasteiger partial charge in [0.1, 0.15) is 5.75 Å². The lowest BCUT2D eigenvalue weighted by atomic mass is 10.2. The Bertz CT molecular complexity index is 1060. The third-order valence-electron chi connectivity index (χ3n) is 4.99. The van der Waals surface area contributed by atoms with Gasteiger partial charge in [0.25, 0.3) is 11.8 Å². The van der Waals surface area contributed by atoms with Gasteiger partial charge in [-0.3, -0.25) is 9.59 Å². The molecule has 2 aromatic rings. The molecule has 0 spiro atoms. The molecule has 2 heterocycles. The van der Waals surface area contributed by atoms with Crippen LogP contribution in [0.3, 0.4) is 0 Å². The molecule has 1 atom stereocenters. The highest BCUT2D eigenvalue weighted by atomic mass is 32.2. The van der Waals surface area contributed by atoms with Crippen LogP contribution in [0, 0.1) is 0 Å². The molecule has 152 valence electrons. The number of carbonyl (C=O) groups excluding carboxylic acids is 2. The van der Waals surface area contributed by atoms with E-state index in [1.54, 1.807) is 25.1 Å². The zero-order valence-electron chi connectivity index (χ0n) is 15.8. The molecule has 29 heavy (non-hydrogen) atoms. The lowest BCUT2D eigenvalue weighted by molar-refractivity contribution is -0.122. The average molecular weight is 415 g/mol. The van der Waals surface area contributed by atoms with Crippen LogP contribution in [0.4, 0.5) is 11.4 Å². The van der Waals surface area contributed by atoms with E-state index in [-0.39, 0.29) is 16.7 Å². The van der Waals surface area contributed by atoms with Crippen molar-refractivity contribution >= 4 is 33.2 Å². The van der Waals surface area contributed by atoms with Gasteiger partial charge in [0, 0.05) is 24.3 Å². The first-order valence-corrected chi connectivity index (χ1v) is 10.8. The highest BCUT2D eigenvalue weighted by Gasteiger charge is 2.27. The second-order valence-electron chi connectivity index (χ2n) is 7.05. The van der Waals surface area contributed by atoms with E-state index in [9.17, 15) is 18.0 Å². The van der Waals surface area contributed by atoms with Crippen LogP contribution in [0.5, 0.6) is 5.75 Å². The van der Waals surface area contributed by atoms with Crippen LogP contribution < -0.4 is 15.4 Å². The molecule has 9 heteroatoms. The van der Waals surface area contributed by atoms with Crippen LogP contribution in [0.15, 0.2) is 47.4 Å². The van der Waals surface area contributed by atoms with Gasteiger partial charge in [-0.05, 0) is 62.2 Å². The van der Waals surface area contributed by atoms with Crippen molar-refractivity contribution < 1.29 is 22.7 Å². The Labute approximate surface area is 168 Å². The van der Waals surface area contributed by atoms with Gasteiger partial charge in [0.15, 0.2) is 6.10 Å². The minimum atomic E-state index is -3.51. The number of fused-ring (bicyclic) bond motifs is 1. The fourth-order valence-corrected chi connectivity index (χ4v) is 4.86. The Hall–Kier alpha value is -2.91. The monoisotopic (exact) mass is 415 g/mol. The van der Waals surface area contributed by atoms with E-state index in [4.69, 9.17) is 4.74 Å².